The molecule has 9 aromatic carbocycles. The van der Waals surface area contributed by atoms with Crippen molar-refractivity contribution >= 4 is 54.3 Å². The van der Waals surface area contributed by atoms with Crippen molar-refractivity contribution in [3.8, 4) is 44.5 Å². The lowest BCUT2D eigenvalue weighted by atomic mass is 9.84. The second kappa shape index (κ2) is 11.1. The van der Waals surface area contributed by atoms with Gasteiger partial charge in [0.25, 0.3) is 0 Å². The first-order chi connectivity index (χ1) is 31.4. The SMILES string of the molecule is [2H]c1c([2H])c(-c2c3ccccc3c(-c3c([2H])c([2H])c([2H])c4oc5c([2H])c(-c6ccccc6)c([2H])c([2H])c5c34)c3ccccc23)c([2H])c([2H])c1-c1c([2H])c([2H])c2c([2H])c([2H])c([2H])c([2H])c2c1[2H]. The van der Waals surface area contributed by atoms with Crippen LogP contribution in [0.4, 0.5) is 0 Å². The minimum atomic E-state index is -0.717. The fourth-order valence-corrected chi connectivity index (χ4v) is 6.52. The molecule has 0 saturated carbocycles. The molecule has 49 heavy (non-hydrogen) atoms. The van der Waals surface area contributed by atoms with Gasteiger partial charge in [0.05, 0.1) is 23.3 Å². The van der Waals surface area contributed by atoms with Crippen LogP contribution in [-0.2, 0) is 0 Å². The zero-order valence-electron chi connectivity index (χ0n) is 42.4. The summed E-state index contributed by atoms with van der Waals surface area (Å²) in [6.45, 7) is 0. The van der Waals surface area contributed by atoms with Crippen LogP contribution in [0.3, 0.4) is 0 Å². The first-order valence-corrected chi connectivity index (χ1v) is 15.5. The van der Waals surface area contributed by atoms with Gasteiger partial charge in [-0.05, 0) is 101 Å². The van der Waals surface area contributed by atoms with Gasteiger partial charge in [0.15, 0.2) is 0 Å². The van der Waals surface area contributed by atoms with E-state index in [0.29, 0.717) is 32.7 Å². The van der Waals surface area contributed by atoms with Crippen LogP contribution in [0, 0.1) is 0 Å². The summed E-state index contributed by atoms with van der Waals surface area (Å²) >= 11 is 0. The number of hydrogen-bond donors (Lipinski definition) is 0. The zero-order chi connectivity index (χ0) is 47.1. The summed E-state index contributed by atoms with van der Waals surface area (Å²) in [5.74, 6) is 0. The van der Waals surface area contributed by atoms with Crippen molar-refractivity contribution in [1.82, 2.24) is 0 Å². The lowest BCUT2D eigenvalue weighted by Gasteiger charge is -2.18. The van der Waals surface area contributed by atoms with Crippen LogP contribution in [0.15, 0.2) is 186 Å². The Hall–Kier alpha value is -6.44. The van der Waals surface area contributed by atoms with Crippen molar-refractivity contribution in [2.45, 2.75) is 0 Å². The van der Waals surface area contributed by atoms with Gasteiger partial charge in [-0.3, -0.25) is 0 Å². The van der Waals surface area contributed by atoms with E-state index in [0.717, 1.165) is 0 Å². The van der Waals surface area contributed by atoms with Crippen LogP contribution in [0.2, 0.25) is 0 Å². The molecule has 0 amide bonds. The largest absolute Gasteiger partial charge is 0.456 e. The molecule has 1 heterocycles. The van der Waals surface area contributed by atoms with E-state index in [9.17, 15) is 9.60 Å². The summed E-state index contributed by atoms with van der Waals surface area (Å²) in [4.78, 5) is 0. The molecule has 0 N–H and O–H groups in total. The topological polar surface area (TPSA) is 13.1 Å². The van der Waals surface area contributed by atoms with Gasteiger partial charge in [-0.1, -0.05) is 157 Å². The molecular weight excluding hydrogens is 593 g/mol. The Kier molecular flexibility index (Phi) is 3.54. The normalized spacial score (nSPS) is 16.5. The molecule has 1 heteroatoms. The Bertz CT molecular complexity index is 3760. The number of fused-ring (bicyclic) bond motifs is 6. The Morgan fingerprint density at radius 2 is 0.959 bits per heavy atom. The third kappa shape index (κ3) is 4.47. The molecule has 0 bridgehead atoms. The molecule has 0 saturated heterocycles. The standard InChI is InChI=1S/C48H30O/c1-2-11-31(12-3-1)37-27-28-42-45(30-37)49-44-20-10-19-43(48(42)44)47-40-17-8-6-15-38(40)46(39-16-7-9-18-41(39)47)34-24-21-33(22-25-34)36-26-23-32-13-4-5-14-35(32)29-36/h1-30H/i4D,5D,10D,13D,14D,19D,20D,21D,22D,23D,24D,25D,26D,27D,28D,29D,30D. The van der Waals surface area contributed by atoms with E-state index in [1.165, 1.54) is 0 Å². The van der Waals surface area contributed by atoms with Crippen LogP contribution >= 0.6 is 0 Å². The smallest absolute Gasteiger partial charge is 0.136 e. The highest BCUT2D eigenvalue weighted by molar-refractivity contribution is 6.25. The molecule has 1 nitrogen and oxygen atoms in total. The van der Waals surface area contributed by atoms with Gasteiger partial charge in [0, 0.05) is 10.8 Å². The minimum absolute atomic E-state index is 0.00622. The first kappa shape index (κ1) is 15.6. The molecule has 0 spiro atoms. The van der Waals surface area contributed by atoms with E-state index >= 15 is 0 Å². The molecule has 0 aliphatic carbocycles. The van der Waals surface area contributed by atoms with Crippen molar-refractivity contribution < 1.29 is 27.7 Å². The Balaban J connectivity index is 1.31. The number of furan rings is 1. The molecule has 0 radical (unpaired) electrons. The Morgan fingerprint density at radius 1 is 0.367 bits per heavy atom. The molecule has 0 fully saturated rings. The molecule has 10 rings (SSSR count). The molecule has 10 aromatic rings. The first-order valence-electron chi connectivity index (χ1n) is 24.0. The highest BCUT2D eigenvalue weighted by Crippen LogP contribution is 2.47. The lowest BCUT2D eigenvalue weighted by molar-refractivity contribution is 0.669. The van der Waals surface area contributed by atoms with Crippen LogP contribution in [0.5, 0.6) is 0 Å². The van der Waals surface area contributed by atoms with E-state index in [2.05, 4.69) is 0 Å². The average molecular weight is 640 g/mol. The predicted molar refractivity (Wildman–Crippen MR) is 208 cm³/mol. The molecule has 0 atom stereocenters. The maximum absolute atomic E-state index is 9.50. The van der Waals surface area contributed by atoms with E-state index < -0.39 is 101 Å². The monoisotopic (exact) mass is 639 g/mol. The van der Waals surface area contributed by atoms with Crippen molar-refractivity contribution in [1.29, 1.82) is 0 Å². The fraction of sp³-hybridized carbons (Fsp3) is 0. The van der Waals surface area contributed by atoms with Crippen molar-refractivity contribution in [3.63, 3.8) is 0 Å². The van der Waals surface area contributed by atoms with Crippen LogP contribution in [0.1, 0.15) is 23.3 Å². The molecule has 0 aliphatic heterocycles. The summed E-state index contributed by atoms with van der Waals surface area (Å²) in [5.41, 5.74) is -0.171. The van der Waals surface area contributed by atoms with Crippen molar-refractivity contribution in [2.75, 3.05) is 0 Å². The van der Waals surface area contributed by atoms with E-state index in [1.807, 2.05) is 0 Å². The van der Waals surface area contributed by atoms with Gasteiger partial charge in [0.2, 0.25) is 0 Å². The minimum Gasteiger partial charge on any atom is -0.456 e. The number of rotatable bonds is 4. The lowest BCUT2D eigenvalue weighted by Crippen LogP contribution is -1.91. The average Bonchev–Trinajstić information content (AvgIpc) is 3.72. The molecule has 0 unspecified atom stereocenters. The van der Waals surface area contributed by atoms with Crippen LogP contribution in [0.25, 0.3) is 98.8 Å². The second-order valence-electron chi connectivity index (χ2n) is 11.5. The number of benzene rings is 9. The van der Waals surface area contributed by atoms with Crippen molar-refractivity contribution in [3.05, 3.63) is 182 Å². The number of hydrogen-bond acceptors (Lipinski definition) is 1. The molecular formula is C48H30O. The fourth-order valence-electron chi connectivity index (χ4n) is 6.52. The van der Waals surface area contributed by atoms with Gasteiger partial charge in [-0.25, -0.2) is 0 Å². The van der Waals surface area contributed by atoms with Gasteiger partial charge in [-0.15, -0.1) is 0 Å². The quantitative estimate of drug-likeness (QED) is 0.175. The summed E-state index contributed by atoms with van der Waals surface area (Å²) in [5, 5.41) is 0.854. The van der Waals surface area contributed by atoms with Crippen LogP contribution < -0.4 is 0 Å². The molecule has 1 aromatic heterocycles. The second-order valence-corrected chi connectivity index (χ2v) is 11.5. The zero-order valence-corrected chi connectivity index (χ0v) is 25.4. The van der Waals surface area contributed by atoms with Gasteiger partial charge >= 0.3 is 0 Å². The summed E-state index contributed by atoms with van der Waals surface area (Å²) in [6.07, 6.45) is 0. The third-order valence-electron chi connectivity index (χ3n) is 8.69. The summed E-state index contributed by atoms with van der Waals surface area (Å²) < 4.78 is 159. The maximum atomic E-state index is 9.50. The Labute approximate surface area is 308 Å². The highest BCUT2D eigenvalue weighted by atomic mass is 16.3. The Morgan fingerprint density at radius 3 is 1.69 bits per heavy atom. The van der Waals surface area contributed by atoms with E-state index in [-0.39, 0.29) is 67.7 Å². The van der Waals surface area contributed by atoms with Crippen LogP contribution in [-0.4, -0.2) is 0 Å². The third-order valence-corrected chi connectivity index (χ3v) is 8.69. The summed E-state index contributed by atoms with van der Waals surface area (Å²) in [7, 11) is 0. The van der Waals surface area contributed by atoms with Gasteiger partial charge in [-0.2, -0.15) is 0 Å². The summed E-state index contributed by atoms with van der Waals surface area (Å²) in [6, 6.07) is 12.9. The predicted octanol–water partition coefficient (Wildman–Crippen LogP) is 13.7. The molecule has 228 valence electrons. The van der Waals surface area contributed by atoms with Crippen molar-refractivity contribution in [2.24, 2.45) is 0 Å². The highest BCUT2D eigenvalue weighted by Gasteiger charge is 2.20. The van der Waals surface area contributed by atoms with E-state index in [1.54, 1.807) is 78.9 Å². The molecule has 0 aliphatic rings. The maximum Gasteiger partial charge on any atom is 0.136 e. The van der Waals surface area contributed by atoms with Gasteiger partial charge in [0.1, 0.15) is 11.2 Å². The van der Waals surface area contributed by atoms with E-state index in [4.69, 9.17) is 18.1 Å². The van der Waals surface area contributed by atoms with Gasteiger partial charge < -0.3 is 4.42 Å².